The largest absolute Gasteiger partial charge is 0.438 e. The molecule has 2 heterocycles. The number of aliphatic hydroxyl groups is 1. The lowest BCUT2D eigenvalue weighted by Gasteiger charge is -2.32. The van der Waals surface area contributed by atoms with Crippen molar-refractivity contribution < 1.29 is 23.1 Å². The van der Waals surface area contributed by atoms with Gasteiger partial charge < -0.3 is 5.11 Å². The Morgan fingerprint density at radius 3 is 2.14 bits per heavy atom. The van der Waals surface area contributed by atoms with Crippen molar-refractivity contribution in [3.05, 3.63) is 65.5 Å². The van der Waals surface area contributed by atoms with E-state index in [0.717, 1.165) is 5.56 Å². The Bertz CT molecular complexity index is 903. The molecule has 2 aromatic rings. The maximum atomic E-state index is 13.7. The van der Waals surface area contributed by atoms with Crippen LogP contribution in [0.4, 0.5) is 13.2 Å². The first-order valence-electron chi connectivity index (χ1n) is 8.65. The predicted molar refractivity (Wildman–Crippen MR) is 97.7 cm³/mol. The number of pyridine rings is 1. The molecule has 8 heteroatoms. The van der Waals surface area contributed by atoms with Crippen LogP contribution in [0.5, 0.6) is 0 Å². The van der Waals surface area contributed by atoms with Crippen LogP contribution in [0.2, 0.25) is 0 Å². The summed E-state index contributed by atoms with van der Waals surface area (Å²) in [5.41, 5.74) is -2.33. The SMILES string of the molecule is CC(C)(C)c1ccc(C(=O)N2N=C(c3ccncc3)CC2(O)C(F)(F)F)cc1. The van der Waals surface area contributed by atoms with E-state index in [9.17, 15) is 23.1 Å². The molecule has 0 saturated carbocycles. The van der Waals surface area contributed by atoms with Crippen molar-refractivity contribution in [2.75, 3.05) is 0 Å². The molecule has 1 aliphatic rings. The summed E-state index contributed by atoms with van der Waals surface area (Å²) in [5.74, 6) is -1.02. The van der Waals surface area contributed by atoms with Gasteiger partial charge in [0.2, 0.25) is 0 Å². The average Bonchev–Trinajstić information content (AvgIpc) is 3.00. The normalized spacial score (nSPS) is 20.2. The molecule has 0 spiro atoms. The van der Waals surface area contributed by atoms with Gasteiger partial charge in [0, 0.05) is 23.5 Å². The molecule has 5 nitrogen and oxygen atoms in total. The number of alkyl halides is 3. The number of carbonyl (C=O) groups is 1. The minimum Gasteiger partial charge on any atom is -0.362 e. The van der Waals surface area contributed by atoms with Gasteiger partial charge in [-0.1, -0.05) is 32.9 Å². The first kappa shape index (κ1) is 20.0. The zero-order valence-corrected chi connectivity index (χ0v) is 15.7. The Balaban J connectivity index is 2.00. The molecule has 0 radical (unpaired) electrons. The van der Waals surface area contributed by atoms with E-state index in [2.05, 4.69) is 10.1 Å². The number of hydrogen-bond donors (Lipinski definition) is 1. The van der Waals surface area contributed by atoms with E-state index in [1.165, 1.54) is 36.7 Å². The van der Waals surface area contributed by atoms with Gasteiger partial charge in [0.05, 0.1) is 12.1 Å². The Morgan fingerprint density at radius 1 is 1.07 bits per heavy atom. The maximum Gasteiger partial charge on any atom is 0.438 e. The van der Waals surface area contributed by atoms with Gasteiger partial charge in [-0.3, -0.25) is 9.78 Å². The van der Waals surface area contributed by atoms with Crippen LogP contribution in [0.1, 0.15) is 48.7 Å². The quantitative estimate of drug-likeness (QED) is 0.845. The fraction of sp³-hybridized carbons (Fsp3) is 0.350. The van der Waals surface area contributed by atoms with Gasteiger partial charge in [-0.25, -0.2) is 0 Å². The van der Waals surface area contributed by atoms with Gasteiger partial charge in [0.25, 0.3) is 11.6 Å². The molecule has 1 amide bonds. The number of benzene rings is 1. The summed E-state index contributed by atoms with van der Waals surface area (Å²) in [5, 5.41) is 14.3. The number of hydrogen-bond acceptors (Lipinski definition) is 4. The van der Waals surface area contributed by atoms with Crippen LogP contribution in [-0.2, 0) is 5.41 Å². The van der Waals surface area contributed by atoms with Crippen molar-refractivity contribution in [1.29, 1.82) is 0 Å². The van der Waals surface area contributed by atoms with E-state index in [-0.39, 0.29) is 21.7 Å². The molecular formula is C20H20F3N3O2. The maximum absolute atomic E-state index is 13.7. The van der Waals surface area contributed by atoms with Crippen LogP contribution in [0.25, 0.3) is 0 Å². The molecule has 0 bridgehead atoms. The zero-order valence-electron chi connectivity index (χ0n) is 15.7. The highest BCUT2D eigenvalue weighted by molar-refractivity contribution is 6.05. The molecule has 1 aromatic carbocycles. The summed E-state index contributed by atoms with van der Waals surface area (Å²) < 4.78 is 41.0. The van der Waals surface area contributed by atoms with E-state index in [1.54, 1.807) is 12.1 Å². The van der Waals surface area contributed by atoms with Crippen molar-refractivity contribution in [2.45, 2.75) is 44.5 Å². The molecule has 1 N–H and O–H groups in total. The molecular weight excluding hydrogens is 371 g/mol. The second kappa shape index (κ2) is 6.70. The minimum absolute atomic E-state index is 0.00963. The highest BCUT2D eigenvalue weighted by atomic mass is 19.4. The molecule has 1 aliphatic heterocycles. The van der Waals surface area contributed by atoms with Crippen molar-refractivity contribution in [3.8, 4) is 0 Å². The summed E-state index contributed by atoms with van der Waals surface area (Å²) in [6.07, 6.45) is -3.13. The van der Waals surface area contributed by atoms with Crippen LogP contribution in [0.15, 0.2) is 53.9 Å². The third-order valence-corrected chi connectivity index (χ3v) is 4.64. The number of nitrogens with zero attached hydrogens (tertiary/aromatic N) is 3. The summed E-state index contributed by atoms with van der Waals surface area (Å²) in [6.45, 7) is 5.95. The summed E-state index contributed by atoms with van der Waals surface area (Å²) in [6, 6.07) is 9.20. The molecule has 148 valence electrons. The molecule has 3 rings (SSSR count). The second-order valence-corrected chi connectivity index (χ2v) is 7.72. The first-order chi connectivity index (χ1) is 12.9. The lowest BCUT2D eigenvalue weighted by molar-refractivity contribution is -0.297. The highest BCUT2D eigenvalue weighted by Crippen LogP contribution is 2.42. The number of carbonyl (C=O) groups excluding carboxylic acids is 1. The van der Waals surface area contributed by atoms with Gasteiger partial charge in [0.1, 0.15) is 0 Å². The number of hydrazone groups is 1. The topological polar surface area (TPSA) is 65.8 Å². The van der Waals surface area contributed by atoms with Gasteiger partial charge in [0.15, 0.2) is 0 Å². The Morgan fingerprint density at radius 2 is 1.64 bits per heavy atom. The molecule has 0 saturated heterocycles. The fourth-order valence-electron chi connectivity index (χ4n) is 2.92. The third-order valence-electron chi connectivity index (χ3n) is 4.64. The van der Waals surface area contributed by atoms with Crippen LogP contribution in [0.3, 0.4) is 0 Å². The summed E-state index contributed by atoms with van der Waals surface area (Å²) >= 11 is 0. The van der Waals surface area contributed by atoms with Gasteiger partial charge in [-0.05, 0) is 35.2 Å². The number of rotatable bonds is 2. The Kier molecular flexibility index (Phi) is 4.79. The average molecular weight is 391 g/mol. The molecule has 1 unspecified atom stereocenters. The van der Waals surface area contributed by atoms with Crippen molar-refractivity contribution in [3.63, 3.8) is 0 Å². The number of halogens is 3. The van der Waals surface area contributed by atoms with Gasteiger partial charge in [-0.2, -0.15) is 23.3 Å². The van der Waals surface area contributed by atoms with E-state index < -0.39 is 24.2 Å². The lowest BCUT2D eigenvalue weighted by Crippen LogP contribution is -2.56. The summed E-state index contributed by atoms with van der Waals surface area (Å²) in [4.78, 5) is 16.6. The zero-order chi connectivity index (χ0) is 20.7. The minimum atomic E-state index is -5.08. The Labute approximate surface area is 160 Å². The van der Waals surface area contributed by atoms with Crippen molar-refractivity contribution in [2.24, 2.45) is 5.10 Å². The van der Waals surface area contributed by atoms with E-state index in [4.69, 9.17) is 0 Å². The Hall–Kier alpha value is -2.74. The van der Waals surface area contributed by atoms with Gasteiger partial charge in [-0.15, -0.1) is 0 Å². The van der Waals surface area contributed by atoms with E-state index in [1.807, 2.05) is 20.8 Å². The van der Waals surface area contributed by atoms with E-state index >= 15 is 0 Å². The first-order valence-corrected chi connectivity index (χ1v) is 8.65. The van der Waals surface area contributed by atoms with Crippen LogP contribution in [0, 0.1) is 0 Å². The second-order valence-electron chi connectivity index (χ2n) is 7.72. The monoisotopic (exact) mass is 391 g/mol. The molecule has 1 atom stereocenters. The molecule has 1 aromatic heterocycles. The smallest absolute Gasteiger partial charge is 0.362 e. The summed E-state index contributed by atoms with van der Waals surface area (Å²) in [7, 11) is 0. The number of aromatic nitrogens is 1. The standard InChI is InChI=1S/C20H20F3N3O2/c1-18(2,3)15-6-4-14(5-7-15)17(27)26-19(28,20(21,22)23)12-16(25-26)13-8-10-24-11-9-13/h4-11,28H,12H2,1-3H3. The van der Waals surface area contributed by atoms with E-state index in [0.29, 0.717) is 5.56 Å². The van der Waals surface area contributed by atoms with Crippen LogP contribution >= 0.6 is 0 Å². The van der Waals surface area contributed by atoms with Crippen molar-refractivity contribution >= 4 is 11.6 Å². The van der Waals surface area contributed by atoms with Gasteiger partial charge >= 0.3 is 6.18 Å². The predicted octanol–water partition coefficient (Wildman–Crippen LogP) is 3.88. The highest BCUT2D eigenvalue weighted by Gasteiger charge is 2.63. The molecule has 28 heavy (non-hydrogen) atoms. The fourth-order valence-corrected chi connectivity index (χ4v) is 2.92. The lowest BCUT2D eigenvalue weighted by atomic mass is 9.86. The molecule has 0 fully saturated rings. The van der Waals surface area contributed by atoms with Crippen LogP contribution < -0.4 is 0 Å². The molecule has 0 aliphatic carbocycles. The number of amides is 1. The third kappa shape index (κ3) is 3.52. The van der Waals surface area contributed by atoms with Crippen LogP contribution in [-0.4, -0.2) is 38.6 Å². The van der Waals surface area contributed by atoms with Crippen molar-refractivity contribution in [1.82, 2.24) is 9.99 Å².